The van der Waals surface area contributed by atoms with E-state index >= 15 is 0 Å². The molecule has 0 spiro atoms. The molecule has 0 bridgehead atoms. The molecule has 14 nitrogen and oxygen atoms in total. The van der Waals surface area contributed by atoms with E-state index in [1.807, 2.05) is 112 Å². The third-order valence-electron chi connectivity index (χ3n) is 12.9. The monoisotopic (exact) mass is 887 g/mol. The van der Waals surface area contributed by atoms with Gasteiger partial charge in [0.25, 0.3) is 0 Å². The molecule has 14 heteroatoms. The Morgan fingerprint density at radius 3 is 1.82 bits per heavy atom. The van der Waals surface area contributed by atoms with Crippen molar-refractivity contribution in [1.29, 1.82) is 0 Å². The van der Waals surface area contributed by atoms with E-state index in [4.69, 9.17) is 4.74 Å². The fraction of sp³-hybridized carbons (Fsp3) is 0.490. The van der Waals surface area contributed by atoms with Crippen molar-refractivity contribution in [3.63, 3.8) is 0 Å². The highest BCUT2D eigenvalue weighted by atomic mass is 16.5. The average molecular weight is 888 g/mol. The highest BCUT2D eigenvalue weighted by Gasteiger charge is 2.42. The number of hydrogen-bond donors (Lipinski definition) is 6. The normalized spacial score (nSPS) is 25.1. The van der Waals surface area contributed by atoms with E-state index in [2.05, 4.69) is 31.6 Å². The van der Waals surface area contributed by atoms with Crippen molar-refractivity contribution in [2.75, 3.05) is 6.54 Å². The molecule has 7 atom stereocenters. The Kier molecular flexibility index (Phi) is 15.4. The van der Waals surface area contributed by atoms with E-state index in [0.29, 0.717) is 19.3 Å². The van der Waals surface area contributed by atoms with Crippen molar-refractivity contribution in [2.45, 2.75) is 146 Å². The largest absolute Gasteiger partial charge is 0.370 e. The highest BCUT2D eigenvalue weighted by molar-refractivity contribution is 5.99. The van der Waals surface area contributed by atoms with Crippen LogP contribution in [0.4, 0.5) is 0 Å². The van der Waals surface area contributed by atoms with Gasteiger partial charge in [-0.25, -0.2) is 0 Å². The van der Waals surface area contributed by atoms with Gasteiger partial charge in [0.05, 0.1) is 11.7 Å². The summed E-state index contributed by atoms with van der Waals surface area (Å²) in [5, 5.41) is 15.8. The third-order valence-corrected chi connectivity index (χ3v) is 12.9. The van der Waals surface area contributed by atoms with Crippen LogP contribution < -0.4 is 26.6 Å². The smallest absolute Gasteiger partial charge is 0.246 e. The Hall–Kier alpha value is -6.02. The Labute approximate surface area is 381 Å². The lowest BCUT2D eigenvalue weighted by Crippen LogP contribution is -2.63. The minimum atomic E-state index is -1.28. The zero-order valence-corrected chi connectivity index (χ0v) is 38.1. The van der Waals surface area contributed by atoms with Crippen LogP contribution in [-0.4, -0.2) is 99.8 Å². The highest BCUT2D eigenvalue weighted by Crippen LogP contribution is 2.28. The first-order chi connectivity index (χ1) is 31.2. The number of carbonyl (C=O) groups is 6. The number of rotatable bonds is 10. The summed E-state index contributed by atoms with van der Waals surface area (Å²) in [6, 6.07) is 19.5. The molecule has 3 aliphatic rings. The zero-order chi connectivity index (χ0) is 46.1. The van der Waals surface area contributed by atoms with Crippen LogP contribution in [0.25, 0.3) is 10.9 Å². The van der Waals surface area contributed by atoms with Crippen molar-refractivity contribution in [1.82, 2.24) is 36.5 Å². The number of aromatic nitrogens is 1. The van der Waals surface area contributed by atoms with Crippen molar-refractivity contribution < 1.29 is 33.5 Å². The predicted molar refractivity (Wildman–Crippen MR) is 248 cm³/mol. The molecule has 1 aromatic heterocycles. The van der Waals surface area contributed by atoms with Gasteiger partial charge in [-0.15, -0.1) is 0 Å². The first-order valence-corrected chi connectivity index (χ1v) is 23.4. The standard InChI is InChI=1S/C51H65N7O7/c1-32(65-51(2,3)4)44-49(63)56-42(29-35-21-12-7-13-22-35)50(64)58-26-16-25-43(58)48(62)55-39(27-33-17-8-5-9-18-33)45(59)54-41(30-36-31-52-38-24-15-14-23-37(36)38)46(60)53-40(47(61)57-44)28-34-19-10-6-11-20-34/h5,7-9,12-15,17-18,21-24,31-32,34,39-44,52H,6,10-11,16,19-20,25-30H2,1-4H3,(H,53,60)(H,54,59)(H,55,62)(H,56,63)(H,57,61)/t32-,39+,40+,41-,42+,43+,44+/m1/s1. The molecule has 346 valence electrons. The van der Waals surface area contributed by atoms with E-state index < -0.39 is 83.4 Å². The van der Waals surface area contributed by atoms with Crippen LogP contribution in [0.3, 0.4) is 0 Å². The third kappa shape index (κ3) is 12.4. The van der Waals surface area contributed by atoms with Crippen LogP contribution in [0.1, 0.15) is 95.8 Å². The maximum atomic E-state index is 14.9. The van der Waals surface area contributed by atoms with E-state index in [-0.39, 0.29) is 31.7 Å². The number of para-hydroxylation sites is 1. The summed E-state index contributed by atoms with van der Waals surface area (Å²) in [5.74, 6) is -3.23. The Balaban J connectivity index is 1.30. The van der Waals surface area contributed by atoms with Crippen LogP contribution in [0.5, 0.6) is 0 Å². The van der Waals surface area contributed by atoms with Gasteiger partial charge in [-0.3, -0.25) is 28.8 Å². The molecule has 2 saturated heterocycles. The number of amides is 6. The molecule has 2 aliphatic heterocycles. The zero-order valence-electron chi connectivity index (χ0n) is 38.1. The molecule has 4 aromatic rings. The van der Waals surface area contributed by atoms with Gasteiger partial charge in [-0.2, -0.15) is 0 Å². The summed E-state index contributed by atoms with van der Waals surface area (Å²) in [4.78, 5) is 93.2. The number of nitrogens with zero attached hydrogens (tertiary/aromatic N) is 1. The molecule has 3 fully saturated rings. The maximum Gasteiger partial charge on any atom is 0.246 e. The molecule has 1 aliphatic carbocycles. The summed E-state index contributed by atoms with van der Waals surface area (Å²) in [6.07, 6.45) is 7.24. The summed E-state index contributed by atoms with van der Waals surface area (Å²) >= 11 is 0. The molecule has 3 heterocycles. The van der Waals surface area contributed by atoms with Crippen LogP contribution >= 0.6 is 0 Å². The van der Waals surface area contributed by atoms with Crippen molar-refractivity contribution in [3.8, 4) is 0 Å². The molecule has 1 saturated carbocycles. The fourth-order valence-corrected chi connectivity index (χ4v) is 9.68. The quantitative estimate of drug-likeness (QED) is 0.132. The topological polar surface area (TPSA) is 191 Å². The molecular weight excluding hydrogens is 823 g/mol. The molecule has 3 aromatic carbocycles. The fourth-order valence-electron chi connectivity index (χ4n) is 9.68. The van der Waals surface area contributed by atoms with Gasteiger partial charge < -0.3 is 41.2 Å². The van der Waals surface area contributed by atoms with E-state index in [0.717, 1.165) is 59.7 Å². The van der Waals surface area contributed by atoms with Gasteiger partial charge in [-0.1, -0.05) is 111 Å². The van der Waals surface area contributed by atoms with Crippen molar-refractivity contribution in [2.24, 2.45) is 5.92 Å². The first kappa shape index (κ1) is 47.0. The minimum Gasteiger partial charge on any atom is -0.370 e. The Morgan fingerprint density at radius 1 is 0.600 bits per heavy atom. The van der Waals surface area contributed by atoms with Gasteiger partial charge in [0, 0.05) is 42.9 Å². The molecule has 6 N–H and O–H groups in total. The van der Waals surface area contributed by atoms with Crippen LogP contribution in [0, 0.1) is 5.92 Å². The number of carbonyl (C=O) groups excluding carboxylic acids is 6. The van der Waals surface area contributed by atoms with E-state index in [1.165, 1.54) is 4.90 Å². The van der Waals surface area contributed by atoms with Gasteiger partial charge in [0.1, 0.15) is 36.3 Å². The number of H-pyrrole nitrogens is 1. The number of hydrogen-bond acceptors (Lipinski definition) is 7. The molecule has 7 rings (SSSR count). The van der Waals surface area contributed by atoms with E-state index in [1.54, 1.807) is 6.92 Å². The molecule has 0 radical (unpaired) electrons. The number of ether oxygens (including phenoxy) is 1. The summed E-state index contributed by atoms with van der Waals surface area (Å²) in [7, 11) is 0. The van der Waals surface area contributed by atoms with Crippen molar-refractivity contribution >= 4 is 46.3 Å². The van der Waals surface area contributed by atoms with Gasteiger partial charge in [-0.05, 0) is 75.6 Å². The lowest BCUT2D eigenvalue weighted by molar-refractivity contribution is -0.145. The van der Waals surface area contributed by atoms with Gasteiger partial charge >= 0.3 is 0 Å². The van der Waals surface area contributed by atoms with Crippen LogP contribution in [0.15, 0.2) is 91.1 Å². The number of benzene rings is 3. The van der Waals surface area contributed by atoms with Crippen LogP contribution in [-0.2, 0) is 52.8 Å². The molecule has 65 heavy (non-hydrogen) atoms. The summed E-state index contributed by atoms with van der Waals surface area (Å²) in [6.45, 7) is 7.51. The second-order valence-electron chi connectivity index (χ2n) is 19.0. The van der Waals surface area contributed by atoms with Crippen molar-refractivity contribution in [3.05, 3.63) is 108 Å². The molecular formula is C51H65N7O7. The van der Waals surface area contributed by atoms with E-state index in [9.17, 15) is 28.8 Å². The predicted octanol–water partition coefficient (Wildman–Crippen LogP) is 4.80. The Morgan fingerprint density at radius 2 is 1.15 bits per heavy atom. The molecule has 6 amide bonds. The van der Waals surface area contributed by atoms with Crippen LogP contribution in [0.2, 0.25) is 0 Å². The second-order valence-corrected chi connectivity index (χ2v) is 19.0. The average Bonchev–Trinajstić information content (AvgIpc) is 3.95. The lowest BCUT2D eigenvalue weighted by atomic mass is 9.84. The van der Waals surface area contributed by atoms with Gasteiger partial charge in [0.2, 0.25) is 35.4 Å². The molecule has 0 unspecified atom stereocenters. The first-order valence-electron chi connectivity index (χ1n) is 23.4. The minimum absolute atomic E-state index is 0.0700. The van der Waals surface area contributed by atoms with Gasteiger partial charge in [0.15, 0.2) is 0 Å². The lowest BCUT2D eigenvalue weighted by Gasteiger charge is -2.35. The second kappa shape index (κ2) is 21.3. The number of fused-ring (bicyclic) bond motifs is 2. The summed E-state index contributed by atoms with van der Waals surface area (Å²) in [5.41, 5.74) is 2.48. The number of aromatic amines is 1. The number of nitrogens with one attached hydrogen (secondary N) is 6. The summed E-state index contributed by atoms with van der Waals surface area (Å²) < 4.78 is 6.32. The Bertz CT molecular complexity index is 2290. The SMILES string of the molecule is C[C@@H](OC(C)(C)C)[C@@H]1NC(=O)[C@H](CC2CCCCC2)NC(=O)[C@@H](Cc2c[nH]c3ccccc23)NC(=O)[C@H](Cc2ccccc2)NC(=O)[C@@H]2CCCN2C(=O)[C@H](Cc2ccccc2)NC1=O. The maximum absolute atomic E-state index is 14.9.